The topological polar surface area (TPSA) is 66.8 Å². The van der Waals surface area contributed by atoms with Crippen LogP contribution in [-0.2, 0) is 9.59 Å². The molecule has 1 fully saturated rings. The number of hydrogen-bond donors (Lipinski definition) is 1. The van der Waals surface area contributed by atoms with Crippen molar-refractivity contribution in [3.63, 3.8) is 0 Å². The zero-order valence-electron chi connectivity index (χ0n) is 12.0. The van der Waals surface area contributed by atoms with Gasteiger partial charge in [-0.25, -0.2) is 4.39 Å². The number of carbonyl (C=O) groups excluding carboxylic acids is 1. The molecule has 1 N–H and O–H groups in total. The average molecular weight is 295 g/mol. The summed E-state index contributed by atoms with van der Waals surface area (Å²) in [6, 6.07) is 5.86. The lowest BCUT2D eigenvalue weighted by Crippen LogP contribution is -2.39. The van der Waals surface area contributed by atoms with Crippen LogP contribution >= 0.6 is 0 Å². The second-order valence-corrected chi connectivity index (χ2v) is 5.36. The fourth-order valence-electron chi connectivity index (χ4n) is 2.51. The van der Waals surface area contributed by atoms with Gasteiger partial charge in [-0.2, -0.15) is 0 Å². The number of para-hydroxylation sites is 1. The highest BCUT2D eigenvalue weighted by atomic mass is 19.1. The Balaban J connectivity index is 2.01. The molecule has 1 unspecified atom stereocenters. The van der Waals surface area contributed by atoms with Gasteiger partial charge in [0, 0.05) is 13.1 Å². The Hall–Kier alpha value is -2.11. The zero-order valence-corrected chi connectivity index (χ0v) is 12.0. The van der Waals surface area contributed by atoms with Gasteiger partial charge in [0.05, 0.1) is 5.92 Å². The lowest BCUT2D eigenvalue weighted by Gasteiger charge is -2.21. The predicted octanol–water partition coefficient (Wildman–Crippen LogP) is 1.77. The number of halogens is 1. The van der Waals surface area contributed by atoms with Crippen LogP contribution in [0.4, 0.5) is 4.39 Å². The summed E-state index contributed by atoms with van der Waals surface area (Å²) in [5.74, 6) is -2.41. The maximum Gasteiger partial charge on any atom is 0.308 e. The first kappa shape index (κ1) is 15.3. The smallest absolute Gasteiger partial charge is 0.308 e. The highest BCUT2D eigenvalue weighted by Gasteiger charge is 2.38. The van der Waals surface area contributed by atoms with Gasteiger partial charge in [-0.3, -0.25) is 9.59 Å². The molecule has 0 bridgehead atoms. The molecule has 1 aliphatic heterocycles. The minimum atomic E-state index is -0.902. The quantitative estimate of drug-likeness (QED) is 0.919. The van der Waals surface area contributed by atoms with Crippen molar-refractivity contribution in [3.05, 3.63) is 30.1 Å². The van der Waals surface area contributed by atoms with Crippen LogP contribution in [0.2, 0.25) is 0 Å². The lowest BCUT2D eigenvalue weighted by atomic mass is 9.99. The Morgan fingerprint density at radius 1 is 1.38 bits per heavy atom. The minimum Gasteiger partial charge on any atom is -0.481 e. The molecular formula is C15H18FNO4. The molecule has 2 rings (SSSR count). The molecule has 1 aromatic rings. The summed E-state index contributed by atoms with van der Waals surface area (Å²) >= 11 is 0. The van der Waals surface area contributed by atoms with Crippen LogP contribution in [0.1, 0.15) is 13.8 Å². The predicted molar refractivity (Wildman–Crippen MR) is 73.4 cm³/mol. The van der Waals surface area contributed by atoms with E-state index in [0.29, 0.717) is 6.54 Å². The molecule has 3 atom stereocenters. The van der Waals surface area contributed by atoms with Gasteiger partial charge >= 0.3 is 5.97 Å². The third-order valence-corrected chi connectivity index (χ3v) is 3.73. The van der Waals surface area contributed by atoms with Gasteiger partial charge in [-0.05, 0) is 25.0 Å². The number of benzene rings is 1. The fourth-order valence-corrected chi connectivity index (χ4v) is 2.51. The molecule has 6 heteroatoms. The Bertz CT molecular complexity index is 548. The summed E-state index contributed by atoms with van der Waals surface area (Å²) in [6.07, 6.45) is -0.860. The average Bonchev–Trinajstić information content (AvgIpc) is 2.82. The van der Waals surface area contributed by atoms with Crippen LogP contribution in [0.15, 0.2) is 24.3 Å². The van der Waals surface area contributed by atoms with Crippen LogP contribution in [0.3, 0.4) is 0 Å². The van der Waals surface area contributed by atoms with Crippen molar-refractivity contribution >= 4 is 11.9 Å². The monoisotopic (exact) mass is 295 g/mol. The largest absolute Gasteiger partial charge is 0.481 e. The molecule has 1 aliphatic rings. The van der Waals surface area contributed by atoms with E-state index < -0.39 is 23.8 Å². The first-order valence-electron chi connectivity index (χ1n) is 6.83. The van der Waals surface area contributed by atoms with Gasteiger partial charge in [0.25, 0.3) is 5.91 Å². The van der Waals surface area contributed by atoms with E-state index in [1.807, 2.05) is 0 Å². The summed E-state index contributed by atoms with van der Waals surface area (Å²) in [5, 5.41) is 9.07. The number of likely N-dealkylation sites (tertiary alicyclic amines) is 1. The number of nitrogens with zero attached hydrogens (tertiary/aromatic N) is 1. The molecule has 0 aliphatic carbocycles. The first-order chi connectivity index (χ1) is 9.90. The van der Waals surface area contributed by atoms with Crippen molar-refractivity contribution < 1.29 is 23.8 Å². The van der Waals surface area contributed by atoms with Crippen molar-refractivity contribution in [1.82, 2.24) is 4.90 Å². The summed E-state index contributed by atoms with van der Waals surface area (Å²) < 4.78 is 18.8. The van der Waals surface area contributed by atoms with E-state index >= 15 is 0 Å². The van der Waals surface area contributed by atoms with Gasteiger partial charge in [0.15, 0.2) is 17.7 Å². The molecule has 0 radical (unpaired) electrons. The number of ether oxygens (including phenoxy) is 1. The van der Waals surface area contributed by atoms with Gasteiger partial charge in [0.2, 0.25) is 0 Å². The molecule has 0 aromatic heterocycles. The standard InChI is InChI=1S/C15H18FNO4/c1-9-7-17(8-11(9)15(19)20)14(18)10(2)21-13-6-4-3-5-12(13)16/h3-6,9-11H,7-8H2,1-2H3,(H,19,20)/t9-,10?,11-/m1/s1. The van der Waals surface area contributed by atoms with Gasteiger partial charge < -0.3 is 14.7 Å². The van der Waals surface area contributed by atoms with E-state index in [4.69, 9.17) is 9.84 Å². The van der Waals surface area contributed by atoms with Crippen molar-refractivity contribution in [2.45, 2.75) is 20.0 Å². The fraction of sp³-hybridized carbons (Fsp3) is 0.467. The second-order valence-electron chi connectivity index (χ2n) is 5.36. The Labute approximate surface area is 122 Å². The number of aliphatic carboxylic acids is 1. The number of carbonyl (C=O) groups is 2. The number of rotatable bonds is 4. The first-order valence-corrected chi connectivity index (χ1v) is 6.83. The normalized spacial score (nSPS) is 22.9. The summed E-state index contributed by atoms with van der Waals surface area (Å²) in [4.78, 5) is 24.8. The lowest BCUT2D eigenvalue weighted by molar-refractivity contribution is -0.142. The summed E-state index contributed by atoms with van der Waals surface area (Å²) in [7, 11) is 0. The third-order valence-electron chi connectivity index (χ3n) is 3.73. The number of amides is 1. The van der Waals surface area contributed by atoms with Crippen LogP contribution in [0.5, 0.6) is 5.75 Å². The Morgan fingerprint density at radius 3 is 2.62 bits per heavy atom. The van der Waals surface area contributed by atoms with E-state index in [1.54, 1.807) is 13.0 Å². The van der Waals surface area contributed by atoms with Crippen molar-refractivity contribution in [3.8, 4) is 5.75 Å². The van der Waals surface area contributed by atoms with E-state index in [-0.39, 0.29) is 24.1 Å². The SMILES string of the molecule is CC(Oc1ccccc1F)C(=O)N1C[C@@H](C)[C@H](C(=O)O)C1. The molecule has 5 nitrogen and oxygen atoms in total. The molecule has 21 heavy (non-hydrogen) atoms. The molecule has 1 aromatic carbocycles. The van der Waals surface area contributed by atoms with Crippen LogP contribution in [0, 0.1) is 17.7 Å². The van der Waals surface area contributed by atoms with E-state index in [2.05, 4.69) is 0 Å². The van der Waals surface area contributed by atoms with Crippen LogP contribution in [-0.4, -0.2) is 41.1 Å². The molecule has 1 amide bonds. The maximum absolute atomic E-state index is 13.5. The maximum atomic E-state index is 13.5. The highest BCUT2D eigenvalue weighted by molar-refractivity contribution is 5.82. The van der Waals surface area contributed by atoms with Crippen molar-refractivity contribution in [1.29, 1.82) is 0 Å². The third kappa shape index (κ3) is 3.32. The number of hydrogen-bond acceptors (Lipinski definition) is 3. The van der Waals surface area contributed by atoms with Crippen LogP contribution < -0.4 is 4.74 Å². The molecule has 1 heterocycles. The number of carboxylic acid groups (broad SMARTS) is 1. The summed E-state index contributed by atoms with van der Waals surface area (Å²) in [5.41, 5.74) is 0. The molecular weight excluding hydrogens is 277 g/mol. The van der Waals surface area contributed by atoms with Gasteiger partial charge in [-0.1, -0.05) is 19.1 Å². The van der Waals surface area contributed by atoms with E-state index in [9.17, 15) is 14.0 Å². The van der Waals surface area contributed by atoms with E-state index in [0.717, 1.165) is 0 Å². The number of carboxylic acids is 1. The molecule has 114 valence electrons. The Morgan fingerprint density at radius 2 is 2.05 bits per heavy atom. The van der Waals surface area contributed by atoms with Crippen LogP contribution in [0.25, 0.3) is 0 Å². The van der Waals surface area contributed by atoms with Crippen molar-refractivity contribution in [2.75, 3.05) is 13.1 Å². The van der Waals surface area contributed by atoms with Gasteiger partial charge in [-0.15, -0.1) is 0 Å². The zero-order chi connectivity index (χ0) is 15.6. The van der Waals surface area contributed by atoms with Gasteiger partial charge in [0.1, 0.15) is 0 Å². The van der Waals surface area contributed by atoms with E-state index in [1.165, 1.54) is 30.0 Å². The second kappa shape index (κ2) is 6.11. The minimum absolute atomic E-state index is 0.0142. The molecule has 1 saturated heterocycles. The Kier molecular flexibility index (Phi) is 4.45. The van der Waals surface area contributed by atoms with Crippen molar-refractivity contribution in [2.24, 2.45) is 11.8 Å². The molecule has 0 saturated carbocycles. The molecule has 0 spiro atoms. The highest BCUT2D eigenvalue weighted by Crippen LogP contribution is 2.25. The summed E-state index contributed by atoms with van der Waals surface area (Å²) in [6.45, 7) is 3.88.